The van der Waals surface area contributed by atoms with Crippen LogP contribution in [-0.2, 0) is 6.54 Å². The smallest absolute Gasteiger partial charge is 0.226 e. The molecule has 17 heavy (non-hydrogen) atoms. The normalized spacial score (nSPS) is 10.9. The van der Waals surface area contributed by atoms with Gasteiger partial charge in [-0.1, -0.05) is 24.3 Å². The van der Waals surface area contributed by atoms with Crippen molar-refractivity contribution in [2.75, 3.05) is 0 Å². The van der Waals surface area contributed by atoms with Crippen molar-refractivity contribution in [3.05, 3.63) is 72.4 Å². The van der Waals surface area contributed by atoms with E-state index in [2.05, 4.69) is 0 Å². The second kappa shape index (κ2) is 4.01. The van der Waals surface area contributed by atoms with Crippen LogP contribution in [0.2, 0.25) is 0 Å². The van der Waals surface area contributed by atoms with E-state index in [1.54, 1.807) is 6.07 Å². The van der Waals surface area contributed by atoms with Gasteiger partial charge in [0.05, 0.1) is 6.20 Å². The molecule has 3 aromatic rings. The van der Waals surface area contributed by atoms with Gasteiger partial charge in [-0.05, 0) is 12.1 Å². The molecule has 2 aromatic heterocycles. The summed E-state index contributed by atoms with van der Waals surface area (Å²) in [4.78, 5) is 0. The molecule has 0 saturated carbocycles. The fourth-order valence-electron chi connectivity index (χ4n) is 1.99. The van der Waals surface area contributed by atoms with Crippen LogP contribution < -0.4 is 4.57 Å². The van der Waals surface area contributed by atoms with Gasteiger partial charge in [0.2, 0.25) is 0 Å². The summed E-state index contributed by atoms with van der Waals surface area (Å²) in [5.74, 6) is -0.157. The Balaban J connectivity index is 2.03. The fraction of sp³-hybridized carbons (Fsp3) is 0.0714. The summed E-state index contributed by atoms with van der Waals surface area (Å²) < 4.78 is 17.6. The Morgan fingerprint density at radius 1 is 1.00 bits per heavy atom. The topological polar surface area (TPSA) is 8.29 Å². The van der Waals surface area contributed by atoms with Gasteiger partial charge < -0.3 is 0 Å². The Bertz CT molecular complexity index is 658. The number of hydrogen-bond donors (Lipinski definition) is 0. The van der Waals surface area contributed by atoms with Gasteiger partial charge in [0.15, 0.2) is 0 Å². The molecule has 0 radical (unpaired) electrons. The third-order valence-electron chi connectivity index (χ3n) is 2.87. The van der Waals surface area contributed by atoms with E-state index in [1.165, 1.54) is 6.07 Å². The van der Waals surface area contributed by atoms with Gasteiger partial charge in [0.25, 0.3) is 5.65 Å². The molecule has 3 heteroatoms. The number of rotatable bonds is 2. The number of nitrogens with zero attached hydrogens (tertiary/aromatic N) is 2. The lowest BCUT2D eigenvalue weighted by Crippen LogP contribution is -2.33. The average Bonchev–Trinajstić information content (AvgIpc) is 2.76. The Morgan fingerprint density at radius 3 is 2.71 bits per heavy atom. The van der Waals surface area contributed by atoms with Crippen molar-refractivity contribution in [2.45, 2.75) is 6.54 Å². The number of pyridine rings is 1. The van der Waals surface area contributed by atoms with Crippen LogP contribution in [0.15, 0.2) is 61.1 Å². The predicted molar refractivity (Wildman–Crippen MR) is 63.1 cm³/mol. The summed E-state index contributed by atoms with van der Waals surface area (Å²) in [6.07, 6.45) is 5.91. The molecule has 2 heterocycles. The summed E-state index contributed by atoms with van der Waals surface area (Å²) in [6.45, 7) is 0.549. The molecule has 0 aliphatic heterocycles. The van der Waals surface area contributed by atoms with Crippen molar-refractivity contribution in [1.29, 1.82) is 0 Å². The van der Waals surface area contributed by atoms with Gasteiger partial charge in [-0.25, -0.2) is 13.4 Å². The second-order valence-corrected chi connectivity index (χ2v) is 3.98. The van der Waals surface area contributed by atoms with Crippen molar-refractivity contribution >= 4 is 5.65 Å². The number of aromatic nitrogens is 2. The minimum Gasteiger partial charge on any atom is -0.226 e. The van der Waals surface area contributed by atoms with E-state index in [-0.39, 0.29) is 5.82 Å². The average molecular weight is 227 g/mol. The third kappa shape index (κ3) is 1.80. The lowest BCUT2D eigenvalue weighted by Gasteiger charge is -2.00. The molecule has 0 fully saturated rings. The van der Waals surface area contributed by atoms with Gasteiger partial charge in [-0.2, -0.15) is 0 Å². The molecule has 0 unspecified atom stereocenters. The van der Waals surface area contributed by atoms with Crippen molar-refractivity contribution in [1.82, 2.24) is 4.40 Å². The van der Waals surface area contributed by atoms with Crippen LogP contribution in [0.1, 0.15) is 5.56 Å². The highest BCUT2D eigenvalue weighted by Gasteiger charge is 2.10. The molecule has 0 atom stereocenters. The molecule has 0 amide bonds. The van der Waals surface area contributed by atoms with Crippen molar-refractivity contribution in [2.24, 2.45) is 0 Å². The Kier molecular flexibility index (Phi) is 2.37. The molecule has 0 bridgehead atoms. The first-order chi connectivity index (χ1) is 8.34. The highest BCUT2D eigenvalue weighted by Crippen LogP contribution is 2.06. The van der Waals surface area contributed by atoms with E-state index in [4.69, 9.17) is 0 Å². The highest BCUT2D eigenvalue weighted by molar-refractivity contribution is 5.31. The van der Waals surface area contributed by atoms with E-state index in [1.807, 2.05) is 57.9 Å². The molecule has 84 valence electrons. The molecule has 0 spiro atoms. The van der Waals surface area contributed by atoms with E-state index >= 15 is 0 Å². The number of benzene rings is 1. The van der Waals surface area contributed by atoms with Crippen LogP contribution in [0.3, 0.4) is 0 Å². The quantitative estimate of drug-likeness (QED) is 0.594. The van der Waals surface area contributed by atoms with Crippen LogP contribution in [0.25, 0.3) is 5.65 Å². The number of fused-ring (bicyclic) bond motifs is 1. The van der Waals surface area contributed by atoms with Crippen molar-refractivity contribution in [3.8, 4) is 0 Å². The first-order valence-corrected chi connectivity index (χ1v) is 5.53. The van der Waals surface area contributed by atoms with E-state index in [9.17, 15) is 4.39 Å². The van der Waals surface area contributed by atoms with Gasteiger partial charge >= 0.3 is 0 Å². The van der Waals surface area contributed by atoms with Gasteiger partial charge in [0.1, 0.15) is 24.8 Å². The fourth-order valence-corrected chi connectivity index (χ4v) is 1.99. The van der Waals surface area contributed by atoms with Crippen LogP contribution >= 0.6 is 0 Å². The molecule has 1 aromatic carbocycles. The van der Waals surface area contributed by atoms with Crippen LogP contribution in [0.5, 0.6) is 0 Å². The minimum atomic E-state index is -0.157. The Hall–Kier alpha value is -2.16. The maximum atomic E-state index is 13.6. The second-order valence-electron chi connectivity index (χ2n) is 3.98. The van der Waals surface area contributed by atoms with Crippen LogP contribution in [0, 0.1) is 5.82 Å². The van der Waals surface area contributed by atoms with E-state index in [0.717, 1.165) is 5.65 Å². The molecular weight excluding hydrogens is 215 g/mol. The summed E-state index contributed by atoms with van der Waals surface area (Å²) in [5, 5.41) is 0. The summed E-state index contributed by atoms with van der Waals surface area (Å²) >= 11 is 0. The Morgan fingerprint density at radius 2 is 1.82 bits per heavy atom. The zero-order chi connectivity index (χ0) is 11.7. The molecule has 2 nitrogen and oxygen atoms in total. The van der Waals surface area contributed by atoms with E-state index < -0.39 is 0 Å². The lowest BCUT2D eigenvalue weighted by atomic mass is 10.2. The zero-order valence-electron chi connectivity index (χ0n) is 9.25. The van der Waals surface area contributed by atoms with Gasteiger partial charge in [-0.3, -0.25) is 0 Å². The third-order valence-corrected chi connectivity index (χ3v) is 2.87. The molecule has 0 aliphatic rings. The highest BCUT2D eigenvalue weighted by atomic mass is 19.1. The summed E-state index contributed by atoms with van der Waals surface area (Å²) in [6, 6.07) is 12.8. The first-order valence-electron chi connectivity index (χ1n) is 5.53. The van der Waals surface area contributed by atoms with Crippen molar-refractivity contribution in [3.63, 3.8) is 0 Å². The molecular formula is C14H12FN2+. The summed E-state index contributed by atoms with van der Waals surface area (Å²) in [5.41, 5.74) is 1.75. The lowest BCUT2D eigenvalue weighted by molar-refractivity contribution is -0.662. The zero-order valence-corrected chi connectivity index (χ0v) is 9.25. The van der Waals surface area contributed by atoms with Crippen LogP contribution in [-0.4, -0.2) is 4.40 Å². The number of halogens is 1. The first kappa shape index (κ1) is 10.0. The number of imidazole rings is 1. The Labute approximate surface area is 98.6 Å². The molecule has 0 aliphatic carbocycles. The standard InChI is InChI=1S/C14H12FN2/c15-13-6-2-1-5-12(13)11-17-10-9-16-8-4-3-7-14(16)17/h1-10H,11H2/q+1. The van der Waals surface area contributed by atoms with Crippen molar-refractivity contribution < 1.29 is 8.96 Å². The molecule has 3 rings (SSSR count). The minimum absolute atomic E-state index is 0.157. The van der Waals surface area contributed by atoms with Gasteiger partial charge in [-0.15, -0.1) is 0 Å². The monoisotopic (exact) mass is 227 g/mol. The molecule has 0 saturated heterocycles. The molecule has 0 N–H and O–H groups in total. The predicted octanol–water partition coefficient (Wildman–Crippen LogP) is 2.41. The summed E-state index contributed by atoms with van der Waals surface area (Å²) in [7, 11) is 0. The van der Waals surface area contributed by atoms with Gasteiger partial charge in [0, 0.05) is 11.6 Å². The van der Waals surface area contributed by atoms with E-state index in [0.29, 0.717) is 12.1 Å². The SMILES string of the molecule is Fc1ccccc1C[n+]1ccn2ccccc21. The van der Waals surface area contributed by atoms with Crippen LogP contribution in [0.4, 0.5) is 4.39 Å². The number of hydrogen-bond acceptors (Lipinski definition) is 0. The largest absolute Gasteiger partial charge is 0.286 e. The maximum absolute atomic E-state index is 13.6. The maximum Gasteiger partial charge on any atom is 0.286 e.